The van der Waals surface area contributed by atoms with Gasteiger partial charge in [-0.1, -0.05) is 31.2 Å². The second kappa shape index (κ2) is 9.40. The van der Waals surface area contributed by atoms with Crippen LogP contribution in [0.25, 0.3) is 5.78 Å². The number of carbonyl (C=O) groups is 1. The number of urea groups is 1. The predicted molar refractivity (Wildman–Crippen MR) is 129 cm³/mol. The maximum Gasteiger partial charge on any atom is 0.323 e. The van der Waals surface area contributed by atoms with Gasteiger partial charge in [-0.05, 0) is 74.7 Å². The number of nitrogens with zero attached hydrogens (tertiary/aromatic N) is 4. The molecule has 0 saturated carbocycles. The highest BCUT2D eigenvalue weighted by Crippen LogP contribution is 2.33. The van der Waals surface area contributed by atoms with Crippen molar-refractivity contribution in [2.75, 3.05) is 10.6 Å². The van der Waals surface area contributed by atoms with E-state index in [1.807, 2.05) is 57.2 Å². The minimum absolute atomic E-state index is 0.269. The van der Waals surface area contributed by atoms with Gasteiger partial charge in [-0.15, -0.1) is 0 Å². The number of carbonyl (C=O) groups excluding carboxylic acids is 1. The Balaban J connectivity index is 1.49. The Labute approximate surface area is 191 Å². The van der Waals surface area contributed by atoms with Crippen molar-refractivity contribution in [2.24, 2.45) is 0 Å². The first-order chi connectivity index (χ1) is 15.4. The lowest BCUT2D eigenvalue weighted by atomic mass is 10.1. The summed E-state index contributed by atoms with van der Waals surface area (Å²) in [6.07, 6.45) is 3.48. The molecule has 0 aliphatic rings. The van der Waals surface area contributed by atoms with E-state index in [2.05, 4.69) is 38.7 Å². The van der Waals surface area contributed by atoms with Gasteiger partial charge in [0.15, 0.2) is 0 Å². The lowest BCUT2D eigenvalue weighted by molar-refractivity contribution is 0.262. The van der Waals surface area contributed by atoms with Gasteiger partial charge in [0.1, 0.15) is 11.4 Å². The van der Waals surface area contributed by atoms with Crippen LogP contribution in [-0.2, 0) is 6.42 Å². The Morgan fingerprint density at radius 3 is 2.38 bits per heavy atom. The predicted octanol–water partition coefficient (Wildman–Crippen LogP) is 5.80. The van der Waals surface area contributed by atoms with E-state index in [1.54, 1.807) is 16.3 Å². The number of hydrogen-bond acceptors (Lipinski definition) is 5. The highest BCUT2D eigenvalue weighted by atomic mass is 32.2. The summed E-state index contributed by atoms with van der Waals surface area (Å²) in [5.74, 6) is 0.603. The van der Waals surface area contributed by atoms with Crippen LogP contribution in [0.3, 0.4) is 0 Å². The van der Waals surface area contributed by atoms with Crippen molar-refractivity contribution in [3.05, 3.63) is 71.2 Å². The second-order valence-corrected chi connectivity index (χ2v) is 8.85. The molecule has 2 aromatic carbocycles. The third kappa shape index (κ3) is 4.91. The van der Waals surface area contributed by atoms with Gasteiger partial charge < -0.3 is 10.6 Å². The van der Waals surface area contributed by atoms with Gasteiger partial charge in [0.05, 0.1) is 0 Å². The highest BCUT2D eigenvalue weighted by molar-refractivity contribution is 7.99. The van der Waals surface area contributed by atoms with Crippen LogP contribution in [0, 0.1) is 20.8 Å². The molecule has 0 fully saturated rings. The zero-order valence-corrected chi connectivity index (χ0v) is 19.5. The van der Waals surface area contributed by atoms with E-state index in [0.717, 1.165) is 51.0 Å². The highest BCUT2D eigenvalue weighted by Gasteiger charge is 2.15. The summed E-state index contributed by atoms with van der Waals surface area (Å²) in [6.45, 7) is 8.19. The molecule has 2 amide bonds. The lowest BCUT2D eigenvalue weighted by Crippen LogP contribution is -2.19. The van der Waals surface area contributed by atoms with E-state index in [1.165, 1.54) is 11.9 Å². The van der Waals surface area contributed by atoms with Gasteiger partial charge >= 0.3 is 6.03 Å². The van der Waals surface area contributed by atoms with Crippen molar-refractivity contribution in [1.82, 2.24) is 19.6 Å². The first-order valence-electron chi connectivity index (χ1n) is 10.6. The average Bonchev–Trinajstić information content (AvgIpc) is 3.19. The smallest absolute Gasteiger partial charge is 0.308 e. The van der Waals surface area contributed by atoms with Crippen LogP contribution in [0.15, 0.2) is 58.7 Å². The Bertz CT molecular complexity index is 1250. The molecule has 0 bridgehead atoms. The summed E-state index contributed by atoms with van der Waals surface area (Å²) in [6, 6.07) is 13.5. The molecule has 4 aromatic rings. The van der Waals surface area contributed by atoms with Crippen molar-refractivity contribution in [3.8, 4) is 0 Å². The molecule has 0 unspecified atom stereocenters. The Morgan fingerprint density at radius 2 is 1.69 bits per heavy atom. The number of fused-ring (bicyclic) bond motifs is 1. The summed E-state index contributed by atoms with van der Waals surface area (Å²) in [7, 11) is 0. The van der Waals surface area contributed by atoms with Crippen LogP contribution < -0.4 is 10.6 Å². The van der Waals surface area contributed by atoms with E-state index < -0.39 is 0 Å². The molecule has 2 heterocycles. The molecule has 32 heavy (non-hydrogen) atoms. The van der Waals surface area contributed by atoms with Gasteiger partial charge in [0.25, 0.3) is 5.78 Å². The SMILES string of the molecule is CCCc1c(C)nc2ncnn2c1Sc1ccc(NC(=O)Nc2cc(C)cc(C)c2)cc1. The molecule has 0 atom stereocenters. The third-order valence-electron chi connectivity index (χ3n) is 4.99. The number of rotatable bonds is 6. The standard InChI is InChI=1S/C24H26N6OS/c1-5-6-21-17(4)27-23-25-14-26-30(23)22(21)32-20-9-7-18(8-10-20)28-24(31)29-19-12-15(2)11-16(3)13-19/h7-14H,5-6H2,1-4H3,(H2,28,29,31). The first kappa shape index (κ1) is 21.8. The van der Waals surface area contributed by atoms with E-state index in [0.29, 0.717) is 5.78 Å². The van der Waals surface area contributed by atoms with Crippen molar-refractivity contribution in [2.45, 2.75) is 50.5 Å². The van der Waals surface area contributed by atoms with Crippen molar-refractivity contribution in [3.63, 3.8) is 0 Å². The van der Waals surface area contributed by atoms with E-state index in [-0.39, 0.29) is 6.03 Å². The molecule has 0 aliphatic heterocycles. The Morgan fingerprint density at radius 1 is 1.00 bits per heavy atom. The fraction of sp³-hybridized carbons (Fsp3) is 0.250. The van der Waals surface area contributed by atoms with Gasteiger partial charge in [0.2, 0.25) is 0 Å². The molecule has 8 heteroatoms. The lowest BCUT2D eigenvalue weighted by Gasteiger charge is -2.13. The number of anilines is 2. The normalized spacial score (nSPS) is 11.0. The zero-order valence-electron chi connectivity index (χ0n) is 18.6. The molecule has 164 valence electrons. The quantitative estimate of drug-likeness (QED) is 0.366. The van der Waals surface area contributed by atoms with Crippen LogP contribution in [0.1, 0.15) is 35.7 Å². The average molecular weight is 447 g/mol. The molecule has 4 rings (SSSR count). The number of nitrogens with one attached hydrogen (secondary N) is 2. The summed E-state index contributed by atoms with van der Waals surface area (Å²) in [4.78, 5) is 22.3. The van der Waals surface area contributed by atoms with Gasteiger partial charge in [-0.25, -0.2) is 9.78 Å². The van der Waals surface area contributed by atoms with E-state index in [9.17, 15) is 4.79 Å². The topological polar surface area (TPSA) is 84.2 Å². The summed E-state index contributed by atoms with van der Waals surface area (Å²) >= 11 is 1.63. The van der Waals surface area contributed by atoms with Gasteiger partial charge in [-0.2, -0.15) is 14.6 Å². The van der Waals surface area contributed by atoms with Crippen molar-refractivity contribution >= 4 is 34.9 Å². The molecule has 0 aliphatic carbocycles. The Hall–Kier alpha value is -3.39. The number of amides is 2. The van der Waals surface area contributed by atoms with Crippen molar-refractivity contribution in [1.29, 1.82) is 0 Å². The van der Waals surface area contributed by atoms with Crippen LogP contribution >= 0.6 is 11.8 Å². The maximum absolute atomic E-state index is 12.4. The Kier molecular flexibility index (Phi) is 6.41. The van der Waals surface area contributed by atoms with Crippen LogP contribution in [0.5, 0.6) is 0 Å². The zero-order chi connectivity index (χ0) is 22.7. The molecule has 0 saturated heterocycles. The minimum atomic E-state index is -0.269. The summed E-state index contributed by atoms with van der Waals surface area (Å²) in [5, 5.41) is 11.2. The monoisotopic (exact) mass is 446 g/mol. The number of aromatic nitrogens is 4. The fourth-order valence-corrected chi connectivity index (χ4v) is 4.74. The first-order valence-corrected chi connectivity index (χ1v) is 11.4. The van der Waals surface area contributed by atoms with Gasteiger partial charge in [-0.3, -0.25) is 0 Å². The van der Waals surface area contributed by atoms with Crippen LogP contribution in [-0.4, -0.2) is 25.6 Å². The summed E-state index contributed by atoms with van der Waals surface area (Å²) in [5.41, 5.74) is 5.89. The van der Waals surface area contributed by atoms with Gasteiger partial charge in [0, 0.05) is 27.5 Å². The van der Waals surface area contributed by atoms with Crippen LogP contribution in [0.4, 0.5) is 16.2 Å². The fourth-order valence-electron chi connectivity index (χ4n) is 3.66. The molecule has 7 nitrogen and oxygen atoms in total. The molecule has 0 spiro atoms. The summed E-state index contributed by atoms with van der Waals surface area (Å²) < 4.78 is 1.80. The molecular weight excluding hydrogens is 420 g/mol. The maximum atomic E-state index is 12.4. The third-order valence-corrected chi connectivity index (χ3v) is 6.11. The number of aryl methyl sites for hydroxylation is 3. The van der Waals surface area contributed by atoms with Crippen LogP contribution in [0.2, 0.25) is 0 Å². The number of hydrogen-bond donors (Lipinski definition) is 2. The number of benzene rings is 2. The van der Waals surface area contributed by atoms with Crippen molar-refractivity contribution < 1.29 is 4.79 Å². The second-order valence-electron chi connectivity index (χ2n) is 7.78. The molecule has 2 aromatic heterocycles. The van der Waals surface area contributed by atoms with E-state index >= 15 is 0 Å². The largest absolute Gasteiger partial charge is 0.323 e. The molecule has 0 radical (unpaired) electrons. The molecular formula is C24H26N6OS. The minimum Gasteiger partial charge on any atom is -0.308 e. The molecule has 2 N–H and O–H groups in total. The van der Waals surface area contributed by atoms with E-state index in [4.69, 9.17) is 0 Å².